The fourth-order valence-corrected chi connectivity index (χ4v) is 3.96. The molecule has 0 unspecified atom stereocenters. The average Bonchev–Trinajstić information content (AvgIpc) is 3.03. The summed E-state index contributed by atoms with van der Waals surface area (Å²) in [4.78, 5) is 21.1. The number of aryl methyl sites for hydroxylation is 1. The predicted octanol–water partition coefficient (Wildman–Crippen LogP) is 3.19. The zero-order valence-electron chi connectivity index (χ0n) is 15.4. The van der Waals surface area contributed by atoms with Gasteiger partial charge in [0.05, 0.1) is 11.1 Å². The van der Waals surface area contributed by atoms with Gasteiger partial charge in [0, 0.05) is 36.3 Å². The Morgan fingerprint density at radius 1 is 1.33 bits per heavy atom. The first-order valence-corrected chi connectivity index (χ1v) is 9.72. The fraction of sp³-hybridized carbons (Fsp3) is 0.316. The van der Waals surface area contributed by atoms with E-state index in [0.29, 0.717) is 5.96 Å². The summed E-state index contributed by atoms with van der Waals surface area (Å²) < 4.78 is 0.990. The Bertz CT molecular complexity index is 997. The highest BCUT2D eigenvalue weighted by Gasteiger charge is 2.27. The molecule has 1 atom stereocenters. The third-order valence-electron chi connectivity index (χ3n) is 4.92. The standard InChI is InChI=1S/C19H22BrN7/c1-12-9-22-17-16(12)18(24-11-23-17)26-6-7-27(13(2)10-26)19(21)25-15-5-3-4-14(20)8-15/h3-5,8-9,11,13H,6-7,10H2,1-2H3,(H2,21,25)(H,22,23,24)/t13-/m0/s1. The molecule has 27 heavy (non-hydrogen) atoms. The van der Waals surface area contributed by atoms with Gasteiger partial charge < -0.3 is 20.5 Å². The molecule has 0 radical (unpaired) electrons. The molecule has 3 N–H and O–H groups in total. The van der Waals surface area contributed by atoms with Crippen LogP contribution < -0.4 is 10.6 Å². The maximum Gasteiger partial charge on any atom is 0.196 e. The second-order valence-corrected chi connectivity index (χ2v) is 7.75. The quantitative estimate of drug-likeness (QED) is 0.484. The van der Waals surface area contributed by atoms with Crippen molar-refractivity contribution in [3.8, 4) is 0 Å². The van der Waals surface area contributed by atoms with E-state index in [1.807, 2.05) is 30.5 Å². The van der Waals surface area contributed by atoms with Gasteiger partial charge in [-0.2, -0.15) is 0 Å². The number of nitrogens with one attached hydrogen (secondary N) is 1. The number of aliphatic imine (C=N–C) groups is 1. The Labute approximate surface area is 166 Å². The van der Waals surface area contributed by atoms with Crippen molar-refractivity contribution >= 4 is 44.4 Å². The van der Waals surface area contributed by atoms with Crippen molar-refractivity contribution in [2.24, 2.45) is 10.7 Å². The van der Waals surface area contributed by atoms with Crippen molar-refractivity contribution in [1.29, 1.82) is 0 Å². The zero-order valence-corrected chi connectivity index (χ0v) is 16.9. The van der Waals surface area contributed by atoms with E-state index in [4.69, 9.17) is 5.73 Å². The highest BCUT2D eigenvalue weighted by molar-refractivity contribution is 9.10. The molecule has 0 aliphatic carbocycles. The molecular weight excluding hydrogens is 406 g/mol. The Balaban J connectivity index is 1.55. The van der Waals surface area contributed by atoms with E-state index >= 15 is 0 Å². The maximum atomic E-state index is 6.31. The van der Waals surface area contributed by atoms with Gasteiger partial charge >= 0.3 is 0 Å². The van der Waals surface area contributed by atoms with E-state index in [0.717, 1.165) is 52.2 Å². The molecule has 3 heterocycles. The molecule has 140 valence electrons. The first-order chi connectivity index (χ1) is 13.0. The van der Waals surface area contributed by atoms with Gasteiger partial charge in [-0.3, -0.25) is 0 Å². The van der Waals surface area contributed by atoms with Gasteiger partial charge in [-0.1, -0.05) is 22.0 Å². The summed E-state index contributed by atoms with van der Waals surface area (Å²) in [5.41, 5.74) is 9.20. The minimum atomic E-state index is 0.221. The summed E-state index contributed by atoms with van der Waals surface area (Å²) in [6, 6.07) is 8.06. The second-order valence-electron chi connectivity index (χ2n) is 6.83. The number of aromatic nitrogens is 3. The van der Waals surface area contributed by atoms with Crippen LogP contribution in [0, 0.1) is 6.92 Å². The van der Waals surface area contributed by atoms with Crippen LogP contribution in [0.3, 0.4) is 0 Å². The summed E-state index contributed by atoms with van der Waals surface area (Å²) in [5, 5.41) is 1.09. The number of rotatable bonds is 2. The molecule has 1 fully saturated rings. The number of hydrogen-bond acceptors (Lipinski definition) is 4. The summed E-state index contributed by atoms with van der Waals surface area (Å²) in [5.74, 6) is 1.53. The van der Waals surface area contributed by atoms with Crippen LogP contribution >= 0.6 is 15.9 Å². The molecule has 2 aromatic heterocycles. The Morgan fingerprint density at radius 3 is 2.96 bits per heavy atom. The average molecular weight is 428 g/mol. The highest BCUT2D eigenvalue weighted by Crippen LogP contribution is 2.27. The number of H-pyrrole nitrogens is 1. The van der Waals surface area contributed by atoms with Gasteiger partial charge in [0.1, 0.15) is 17.8 Å². The van der Waals surface area contributed by atoms with Gasteiger partial charge in [-0.15, -0.1) is 0 Å². The van der Waals surface area contributed by atoms with E-state index < -0.39 is 0 Å². The third-order valence-corrected chi connectivity index (χ3v) is 5.41. The number of anilines is 1. The number of benzene rings is 1. The molecule has 1 aromatic carbocycles. The van der Waals surface area contributed by atoms with Gasteiger partial charge in [0.2, 0.25) is 0 Å². The molecule has 0 spiro atoms. The summed E-state index contributed by atoms with van der Waals surface area (Å²) >= 11 is 3.47. The lowest BCUT2D eigenvalue weighted by atomic mass is 10.1. The van der Waals surface area contributed by atoms with Crippen LogP contribution in [0.5, 0.6) is 0 Å². The number of hydrogen-bond donors (Lipinski definition) is 2. The van der Waals surface area contributed by atoms with Crippen molar-refractivity contribution in [1.82, 2.24) is 19.9 Å². The van der Waals surface area contributed by atoms with Crippen LogP contribution in [0.1, 0.15) is 12.5 Å². The Kier molecular flexibility index (Phi) is 4.73. The van der Waals surface area contributed by atoms with E-state index in [2.05, 4.69) is 59.5 Å². The summed E-state index contributed by atoms with van der Waals surface area (Å²) in [7, 11) is 0. The highest BCUT2D eigenvalue weighted by atomic mass is 79.9. The summed E-state index contributed by atoms with van der Waals surface area (Å²) in [6.45, 7) is 6.69. The van der Waals surface area contributed by atoms with Crippen LogP contribution in [0.25, 0.3) is 11.0 Å². The molecule has 3 aromatic rings. The van der Waals surface area contributed by atoms with Crippen LogP contribution in [-0.4, -0.2) is 51.5 Å². The Hall–Kier alpha value is -2.61. The van der Waals surface area contributed by atoms with E-state index in [-0.39, 0.29) is 6.04 Å². The number of guanidine groups is 1. The molecule has 7 nitrogen and oxygen atoms in total. The number of nitrogens with two attached hydrogens (primary N) is 1. The van der Waals surface area contributed by atoms with Crippen LogP contribution in [0.4, 0.5) is 11.5 Å². The fourth-order valence-electron chi connectivity index (χ4n) is 3.57. The zero-order chi connectivity index (χ0) is 19.0. The van der Waals surface area contributed by atoms with E-state index in [1.165, 1.54) is 0 Å². The lowest BCUT2D eigenvalue weighted by Crippen LogP contribution is -2.56. The molecule has 1 saturated heterocycles. The topological polar surface area (TPSA) is 86.4 Å². The minimum absolute atomic E-state index is 0.221. The van der Waals surface area contributed by atoms with Gasteiger partial charge in [0.25, 0.3) is 0 Å². The van der Waals surface area contributed by atoms with Crippen LogP contribution in [0.15, 0.2) is 46.3 Å². The molecule has 1 aliphatic heterocycles. The number of aromatic amines is 1. The molecule has 0 amide bonds. The van der Waals surface area contributed by atoms with Gasteiger partial charge in [-0.05, 0) is 37.6 Å². The largest absolute Gasteiger partial charge is 0.369 e. The molecule has 8 heteroatoms. The van der Waals surface area contributed by atoms with Crippen molar-refractivity contribution in [2.45, 2.75) is 19.9 Å². The van der Waals surface area contributed by atoms with Gasteiger partial charge in [0.15, 0.2) is 5.96 Å². The van der Waals surface area contributed by atoms with Crippen LogP contribution in [0.2, 0.25) is 0 Å². The van der Waals surface area contributed by atoms with Crippen molar-refractivity contribution in [3.63, 3.8) is 0 Å². The first-order valence-electron chi connectivity index (χ1n) is 8.93. The third kappa shape index (κ3) is 3.49. The maximum absolute atomic E-state index is 6.31. The molecule has 0 saturated carbocycles. The first kappa shape index (κ1) is 17.8. The predicted molar refractivity (Wildman–Crippen MR) is 112 cm³/mol. The number of fused-ring (bicyclic) bond motifs is 1. The number of nitrogens with zero attached hydrogens (tertiary/aromatic N) is 5. The minimum Gasteiger partial charge on any atom is -0.369 e. The lowest BCUT2D eigenvalue weighted by Gasteiger charge is -2.41. The van der Waals surface area contributed by atoms with Crippen molar-refractivity contribution < 1.29 is 0 Å². The Morgan fingerprint density at radius 2 is 2.19 bits per heavy atom. The lowest BCUT2D eigenvalue weighted by molar-refractivity contribution is 0.294. The SMILES string of the molecule is Cc1c[nH]c2ncnc(N3CCN(C(N)=Nc4cccc(Br)c4)[C@@H](C)C3)c12. The summed E-state index contributed by atoms with van der Waals surface area (Å²) in [6.07, 6.45) is 3.60. The smallest absolute Gasteiger partial charge is 0.196 e. The number of piperazine rings is 1. The second kappa shape index (κ2) is 7.19. The monoisotopic (exact) mass is 427 g/mol. The molecule has 1 aliphatic rings. The van der Waals surface area contributed by atoms with E-state index in [9.17, 15) is 0 Å². The van der Waals surface area contributed by atoms with E-state index in [1.54, 1.807) is 6.33 Å². The van der Waals surface area contributed by atoms with Crippen LogP contribution in [-0.2, 0) is 0 Å². The molecule has 0 bridgehead atoms. The van der Waals surface area contributed by atoms with Crippen molar-refractivity contribution in [2.75, 3.05) is 24.5 Å². The number of halogens is 1. The van der Waals surface area contributed by atoms with Crippen molar-refractivity contribution in [3.05, 3.63) is 46.8 Å². The van der Waals surface area contributed by atoms with Gasteiger partial charge in [-0.25, -0.2) is 15.0 Å². The molecular formula is C19H22BrN7. The normalized spacial score (nSPS) is 18.3. The molecule has 4 rings (SSSR count).